The van der Waals surface area contributed by atoms with Gasteiger partial charge >= 0.3 is 0 Å². The van der Waals surface area contributed by atoms with Gasteiger partial charge in [-0.05, 0) is 31.4 Å². The van der Waals surface area contributed by atoms with E-state index in [0.29, 0.717) is 6.04 Å². The summed E-state index contributed by atoms with van der Waals surface area (Å²) in [6.45, 7) is 5.16. The highest BCUT2D eigenvalue weighted by Gasteiger charge is 2.23. The summed E-state index contributed by atoms with van der Waals surface area (Å²) in [6.07, 6.45) is 7.55. The summed E-state index contributed by atoms with van der Waals surface area (Å²) in [6, 6.07) is 4.63. The molecule has 1 aliphatic rings. The molecule has 3 heterocycles. The molecule has 1 saturated heterocycles. The van der Waals surface area contributed by atoms with E-state index in [0.717, 1.165) is 44.0 Å². The Labute approximate surface area is 131 Å². The second-order valence-electron chi connectivity index (χ2n) is 5.89. The lowest BCUT2D eigenvalue weighted by atomic mass is 10.0. The van der Waals surface area contributed by atoms with Crippen LogP contribution in [0, 0.1) is 6.92 Å². The summed E-state index contributed by atoms with van der Waals surface area (Å²) in [4.78, 5) is 13.3. The largest absolute Gasteiger partial charge is 0.356 e. The molecule has 0 unspecified atom stereocenters. The molecule has 2 aromatic heterocycles. The smallest absolute Gasteiger partial charge is 0.132 e. The van der Waals surface area contributed by atoms with Gasteiger partial charge in [-0.2, -0.15) is 10.2 Å². The van der Waals surface area contributed by atoms with E-state index in [-0.39, 0.29) is 0 Å². The number of aromatic nitrogens is 4. The fourth-order valence-corrected chi connectivity index (χ4v) is 2.95. The highest BCUT2D eigenvalue weighted by atomic mass is 15.2. The topological polar surface area (TPSA) is 58.0 Å². The molecule has 6 heteroatoms. The highest BCUT2D eigenvalue weighted by Crippen LogP contribution is 2.21. The van der Waals surface area contributed by atoms with Crippen LogP contribution in [0.25, 0.3) is 0 Å². The Morgan fingerprint density at radius 2 is 2.05 bits per heavy atom. The van der Waals surface area contributed by atoms with Crippen LogP contribution in [-0.2, 0) is 6.54 Å². The zero-order valence-electron chi connectivity index (χ0n) is 13.2. The molecule has 22 heavy (non-hydrogen) atoms. The van der Waals surface area contributed by atoms with Gasteiger partial charge in [-0.3, -0.25) is 4.90 Å². The second-order valence-corrected chi connectivity index (χ2v) is 5.89. The average molecular weight is 298 g/mol. The molecule has 116 valence electrons. The van der Waals surface area contributed by atoms with E-state index in [9.17, 15) is 0 Å². The maximum atomic E-state index is 4.39. The van der Waals surface area contributed by atoms with Gasteiger partial charge in [0.1, 0.15) is 12.1 Å². The number of likely N-dealkylation sites (tertiary alicyclic amines) is 1. The lowest BCUT2D eigenvalue weighted by molar-refractivity contribution is 0.203. The number of nitrogens with zero attached hydrogens (tertiary/aromatic N) is 6. The molecule has 0 radical (unpaired) electrons. The Hall–Kier alpha value is -2.08. The van der Waals surface area contributed by atoms with Gasteiger partial charge in [0, 0.05) is 50.7 Å². The van der Waals surface area contributed by atoms with Crippen LogP contribution in [0.2, 0.25) is 0 Å². The first kappa shape index (κ1) is 14.8. The van der Waals surface area contributed by atoms with Crippen molar-refractivity contribution in [1.29, 1.82) is 0 Å². The van der Waals surface area contributed by atoms with Crippen LogP contribution in [0.4, 0.5) is 5.82 Å². The van der Waals surface area contributed by atoms with Crippen LogP contribution in [0.1, 0.15) is 24.1 Å². The third-order valence-corrected chi connectivity index (χ3v) is 4.31. The molecule has 0 N–H and O–H groups in total. The van der Waals surface area contributed by atoms with Crippen LogP contribution >= 0.6 is 0 Å². The Bertz CT molecular complexity index is 595. The van der Waals surface area contributed by atoms with Gasteiger partial charge in [-0.25, -0.2) is 9.97 Å². The summed E-state index contributed by atoms with van der Waals surface area (Å²) in [5.74, 6) is 1.02. The van der Waals surface area contributed by atoms with E-state index in [1.165, 1.54) is 5.56 Å². The number of hydrogen-bond donors (Lipinski definition) is 0. The number of rotatable bonds is 4. The Morgan fingerprint density at radius 3 is 2.73 bits per heavy atom. The van der Waals surface area contributed by atoms with Gasteiger partial charge in [-0.1, -0.05) is 0 Å². The molecule has 1 aliphatic heterocycles. The zero-order chi connectivity index (χ0) is 15.4. The second kappa shape index (κ2) is 6.79. The minimum Gasteiger partial charge on any atom is -0.356 e. The van der Waals surface area contributed by atoms with Crippen molar-refractivity contribution in [3.8, 4) is 0 Å². The van der Waals surface area contributed by atoms with Crippen molar-refractivity contribution in [2.24, 2.45) is 0 Å². The number of anilines is 1. The minimum atomic E-state index is 0.543. The van der Waals surface area contributed by atoms with Crippen molar-refractivity contribution >= 4 is 5.82 Å². The van der Waals surface area contributed by atoms with Gasteiger partial charge in [0.25, 0.3) is 0 Å². The molecule has 0 bridgehead atoms. The van der Waals surface area contributed by atoms with Crippen LogP contribution in [0.5, 0.6) is 0 Å². The quantitative estimate of drug-likeness (QED) is 0.856. The molecule has 0 saturated carbocycles. The van der Waals surface area contributed by atoms with Crippen LogP contribution in [0.15, 0.2) is 30.9 Å². The predicted octanol–water partition coefficient (Wildman–Crippen LogP) is 1.68. The summed E-state index contributed by atoms with van der Waals surface area (Å²) in [7, 11) is 2.13. The Morgan fingerprint density at radius 1 is 1.23 bits per heavy atom. The van der Waals surface area contributed by atoms with Gasteiger partial charge in [0.15, 0.2) is 0 Å². The number of hydrogen-bond acceptors (Lipinski definition) is 6. The zero-order valence-corrected chi connectivity index (χ0v) is 13.2. The summed E-state index contributed by atoms with van der Waals surface area (Å²) in [5, 5.41) is 7.77. The average Bonchev–Trinajstić information content (AvgIpc) is 2.56. The van der Waals surface area contributed by atoms with Crippen molar-refractivity contribution in [2.75, 3.05) is 25.0 Å². The first-order chi connectivity index (χ1) is 10.7. The molecule has 0 aliphatic carbocycles. The van der Waals surface area contributed by atoms with Crippen molar-refractivity contribution < 1.29 is 0 Å². The SMILES string of the molecule is Cc1cc(N(C)C2CCN(Cc3ccnnc3)CC2)ncn1. The van der Waals surface area contributed by atoms with Gasteiger partial charge in [-0.15, -0.1) is 0 Å². The normalized spacial score (nSPS) is 16.6. The summed E-state index contributed by atoms with van der Waals surface area (Å²) >= 11 is 0. The molecule has 0 spiro atoms. The maximum absolute atomic E-state index is 4.39. The van der Waals surface area contributed by atoms with E-state index in [4.69, 9.17) is 0 Å². The first-order valence-electron chi connectivity index (χ1n) is 7.72. The van der Waals surface area contributed by atoms with Gasteiger partial charge in [0.2, 0.25) is 0 Å². The lowest BCUT2D eigenvalue weighted by Gasteiger charge is -2.37. The van der Waals surface area contributed by atoms with E-state index < -0.39 is 0 Å². The van der Waals surface area contributed by atoms with Crippen molar-refractivity contribution in [2.45, 2.75) is 32.4 Å². The predicted molar refractivity (Wildman–Crippen MR) is 85.5 cm³/mol. The van der Waals surface area contributed by atoms with E-state index in [1.54, 1.807) is 12.5 Å². The van der Waals surface area contributed by atoms with E-state index >= 15 is 0 Å². The molecule has 0 atom stereocenters. The van der Waals surface area contributed by atoms with Gasteiger partial charge < -0.3 is 4.90 Å². The molecule has 0 amide bonds. The van der Waals surface area contributed by atoms with E-state index in [2.05, 4.69) is 43.1 Å². The van der Waals surface area contributed by atoms with Gasteiger partial charge in [0.05, 0.1) is 6.20 Å². The molecule has 3 rings (SSSR count). The first-order valence-corrected chi connectivity index (χ1v) is 7.72. The molecular weight excluding hydrogens is 276 g/mol. The van der Waals surface area contributed by atoms with E-state index in [1.807, 2.05) is 19.2 Å². The minimum absolute atomic E-state index is 0.543. The fraction of sp³-hybridized carbons (Fsp3) is 0.500. The Kier molecular flexibility index (Phi) is 4.58. The monoisotopic (exact) mass is 298 g/mol. The third kappa shape index (κ3) is 3.57. The molecule has 0 aromatic carbocycles. The Balaban J connectivity index is 1.55. The van der Waals surface area contributed by atoms with Crippen molar-refractivity contribution in [1.82, 2.24) is 25.1 Å². The van der Waals surface area contributed by atoms with Crippen molar-refractivity contribution in [3.05, 3.63) is 42.1 Å². The molecule has 2 aromatic rings. The van der Waals surface area contributed by atoms with Crippen molar-refractivity contribution in [3.63, 3.8) is 0 Å². The number of piperidine rings is 1. The molecular formula is C16H22N6. The number of aryl methyl sites for hydroxylation is 1. The summed E-state index contributed by atoms with van der Waals surface area (Å²) in [5.41, 5.74) is 2.24. The standard InChI is InChI=1S/C16H22N6/c1-13-9-16(18-12-17-13)21(2)15-4-7-22(8-5-15)11-14-3-6-19-20-10-14/h3,6,9-10,12,15H,4-5,7-8,11H2,1-2H3. The maximum Gasteiger partial charge on any atom is 0.132 e. The van der Waals surface area contributed by atoms with Crippen LogP contribution in [0.3, 0.4) is 0 Å². The summed E-state index contributed by atoms with van der Waals surface area (Å²) < 4.78 is 0. The lowest BCUT2D eigenvalue weighted by Crippen LogP contribution is -2.43. The van der Waals surface area contributed by atoms with Crippen LogP contribution in [-0.4, -0.2) is 51.2 Å². The fourth-order valence-electron chi connectivity index (χ4n) is 2.95. The molecule has 1 fully saturated rings. The third-order valence-electron chi connectivity index (χ3n) is 4.31. The van der Waals surface area contributed by atoms with Crippen LogP contribution < -0.4 is 4.90 Å². The highest BCUT2D eigenvalue weighted by molar-refractivity contribution is 5.39. The molecule has 6 nitrogen and oxygen atoms in total.